The molecule has 1 rings (SSSR count). The molecule has 1 atom stereocenters. The lowest BCUT2D eigenvalue weighted by atomic mass is 9.96. The van der Waals surface area contributed by atoms with Crippen LogP contribution >= 0.6 is 0 Å². The summed E-state index contributed by atoms with van der Waals surface area (Å²) < 4.78 is 10.3. The maximum atomic E-state index is 12.1. The van der Waals surface area contributed by atoms with E-state index in [0.29, 0.717) is 0 Å². The highest BCUT2D eigenvalue weighted by molar-refractivity contribution is 5.84. The number of rotatable bonds is 6. The van der Waals surface area contributed by atoms with Crippen LogP contribution in [0.5, 0.6) is 0 Å². The summed E-state index contributed by atoms with van der Waals surface area (Å²) in [6.45, 7) is 7.13. The van der Waals surface area contributed by atoms with Crippen molar-refractivity contribution < 1.29 is 19.1 Å². The fraction of sp³-hybridized carbons (Fsp3) is 0.500. The zero-order chi connectivity index (χ0) is 15.1. The van der Waals surface area contributed by atoms with E-state index in [-0.39, 0.29) is 18.6 Å². The topological polar surface area (TPSA) is 52.6 Å². The summed E-state index contributed by atoms with van der Waals surface area (Å²) in [7, 11) is 0. The van der Waals surface area contributed by atoms with Crippen molar-refractivity contribution in [1.29, 1.82) is 0 Å². The number of esters is 2. The standard InChI is InChI=1S/C16H22O4/c1-11(2)19-15(17)10-14(16(18)20-12(3)4)13-8-6-5-7-9-13/h5-9,11-12,14H,10H2,1-4H3. The molecule has 1 aromatic rings. The van der Waals surface area contributed by atoms with E-state index in [1.54, 1.807) is 27.7 Å². The van der Waals surface area contributed by atoms with E-state index in [4.69, 9.17) is 9.47 Å². The van der Waals surface area contributed by atoms with Crippen molar-refractivity contribution in [2.75, 3.05) is 0 Å². The van der Waals surface area contributed by atoms with Gasteiger partial charge in [0.25, 0.3) is 0 Å². The second-order valence-electron chi connectivity index (χ2n) is 5.19. The monoisotopic (exact) mass is 278 g/mol. The number of ether oxygens (including phenoxy) is 2. The summed E-state index contributed by atoms with van der Waals surface area (Å²) in [5, 5.41) is 0. The Bertz CT molecular complexity index is 437. The second-order valence-corrected chi connectivity index (χ2v) is 5.19. The maximum Gasteiger partial charge on any atom is 0.314 e. The zero-order valence-corrected chi connectivity index (χ0v) is 12.5. The second kappa shape index (κ2) is 7.68. The molecule has 4 heteroatoms. The molecule has 4 nitrogen and oxygen atoms in total. The van der Waals surface area contributed by atoms with Gasteiger partial charge in [-0.1, -0.05) is 30.3 Å². The number of hydrogen-bond donors (Lipinski definition) is 0. The van der Waals surface area contributed by atoms with Crippen LogP contribution in [-0.2, 0) is 19.1 Å². The molecule has 0 aliphatic heterocycles. The molecule has 0 aliphatic carbocycles. The molecule has 1 unspecified atom stereocenters. The predicted molar refractivity (Wildman–Crippen MR) is 76.3 cm³/mol. The summed E-state index contributed by atoms with van der Waals surface area (Å²) in [5.74, 6) is -1.41. The van der Waals surface area contributed by atoms with Crippen LogP contribution in [0.25, 0.3) is 0 Å². The largest absolute Gasteiger partial charge is 0.463 e. The minimum atomic E-state index is -0.621. The third kappa shape index (κ3) is 5.43. The van der Waals surface area contributed by atoms with Gasteiger partial charge in [-0.2, -0.15) is 0 Å². The summed E-state index contributed by atoms with van der Waals surface area (Å²) in [6.07, 6.45) is -0.414. The molecule has 0 aromatic heterocycles. The van der Waals surface area contributed by atoms with Crippen molar-refractivity contribution in [2.45, 2.75) is 52.2 Å². The first kappa shape index (κ1) is 16.2. The fourth-order valence-electron chi connectivity index (χ4n) is 1.81. The SMILES string of the molecule is CC(C)OC(=O)CC(C(=O)OC(C)C)c1ccccc1. The number of carbonyl (C=O) groups excluding carboxylic acids is 2. The lowest BCUT2D eigenvalue weighted by Crippen LogP contribution is -2.24. The normalized spacial score (nSPS) is 12.3. The molecule has 20 heavy (non-hydrogen) atoms. The molecular weight excluding hydrogens is 256 g/mol. The van der Waals surface area contributed by atoms with Gasteiger partial charge in [0.2, 0.25) is 0 Å². The highest BCUT2D eigenvalue weighted by Gasteiger charge is 2.27. The van der Waals surface area contributed by atoms with Crippen molar-refractivity contribution in [3.8, 4) is 0 Å². The predicted octanol–water partition coefficient (Wildman–Crippen LogP) is 3.06. The molecule has 0 saturated heterocycles. The van der Waals surface area contributed by atoms with Crippen LogP contribution in [0.15, 0.2) is 30.3 Å². The van der Waals surface area contributed by atoms with E-state index >= 15 is 0 Å². The van der Waals surface area contributed by atoms with Crippen LogP contribution < -0.4 is 0 Å². The number of benzene rings is 1. The fourth-order valence-corrected chi connectivity index (χ4v) is 1.81. The van der Waals surface area contributed by atoms with Crippen molar-refractivity contribution >= 4 is 11.9 Å². The van der Waals surface area contributed by atoms with Gasteiger partial charge >= 0.3 is 11.9 Å². The van der Waals surface area contributed by atoms with Crippen molar-refractivity contribution in [2.24, 2.45) is 0 Å². The van der Waals surface area contributed by atoms with Crippen molar-refractivity contribution in [3.05, 3.63) is 35.9 Å². The Morgan fingerprint density at radius 1 is 0.950 bits per heavy atom. The Morgan fingerprint density at radius 3 is 2.00 bits per heavy atom. The molecule has 0 radical (unpaired) electrons. The highest BCUT2D eigenvalue weighted by Crippen LogP contribution is 2.22. The van der Waals surface area contributed by atoms with Gasteiger partial charge in [0, 0.05) is 0 Å². The molecule has 0 aliphatic rings. The third-order valence-electron chi connectivity index (χ3n) is 2.58. The van der Waals surface area contributed by atoms with Gasteiger partial charge in [-0.05, 0) is 33.3 Å². The van der Waals surface area contributed by atoms with Crippen LogP contribution in [-0.4, -0.2) is 24.1 Å². The molecular formula is C16H22O4. The Hall–Kier alpha value is -1.84. The van der Waals surface area contributed by atoms with E-state index in [1.807, 2.05) is 30.3 Å². The summed E-state index contributed by atoms with van der Waals surface area (Å²) in [4.78, 5) is 23.9. The molecule has 0 bridgehead atoms. The average molecular weight is 278 g/mol. The van der Waals surface area contributed by atoms with E-state index < -0.39 is 17.9 Å². The Balaban J connectivity index is 2.85. The van der Waals surface area contributed by atoms with Gasteiger partial charge < -0.3 is 9.47 Å². The van der Waals surface area contributed by atoms with Crippen LogP contribution in [0.1, 0.15) is 45.6 Å². The van der Waals surface area contributed by atoms with Gasteiger partial charge in [0.15, 0.2) is 0 Å². The molecule has 0 heterocycles. The Morgan fingerprint density at radius 2 is 1.50 bits per heavy atom. The summed E-state index contributed by atoms with van der Waals surface area (Å²) in [6, 6.07) is 9.15. The van der Waals surface area contributed by atoms with Crippen molar-refractivity contribution in [1.82, 2.24) is 0 Å². The van der Waals surface area contributed by atoms with Gasteiger partial charge in [-0.3, -0.25) is 9.59 Å². The van der Waals surface area contributed by atoms with Crippen molar-refractivity contribution in [3.63, 3.8) is 0 Å². The first-order valence-corrected chi connectivity index (χ1v) is 6.85. The molecule has 0 saturated carbocycles. The average Bonchev–Trinajstić information content (AvgIpc) is 2.35. The molecule has 0 fully saturated rings. The minimum absolute atomic E-state index is 0.00620. The van der Waals surface area contributed by atoms with Crippen LogP contribution in [0, 0.1) is 0 Å². The molecule has 110 valence electrons. The van der Waals surface area contributed by atoms with Gasteiger partial charge in [-0.15, -0.1) is 0 Å². The van der Waals surface area contributed by atoms with Gasteiger partial charge in [-0.25, -0.2) is 0 Å². The van der Waals surface area contributed by atoms with E-state index in [9.17, 15) is 9.59 Å². The first-order chi connectivity index (χ1) is 9.40. The smallest absolute Gasteiger partial charge is 0.314 e. The Kier molecular flexibility index (Phi) is 6.22. The van der Waals surface area contributed by atoms with Crippen LogP contribution in [0.3, 0.4) is 0 Å². The molecule has 0 amide bonds. The van der Waals surface area contributed by atoms with E-state index in [2.05, 4.69) is 0 Å². The summed E-state index contributed by atoms with van der Waals surface area (Å²) in [5.41, 5.74) is 0.763. The molecule has 1 aromatic carbocycles. The van der Waals surface area contributed by atoms with E-state index in [0.717, 1.165) is 5.56 Å². The lowest BCUT2D eigenvalue weighted by molar-refractivity contribution is -0.156. The zero-order valence-electron chi connectivity index (χ0n) is 12.5. The number of hydrogen-bond acceptors (Lipinski definition) is 4. The summed E-state index contributed by atoms with van der Waals surface area (Å²) >= 11 is 0. The van der Waals surface area contributed by atoms with E-state index in [1.165, 1.54) is 0 Å². The molecule has 0 N–H and O–H groups in total. The van der Waals surface area contributed by atoms with Crippen LogP contribution in [0.4, 0.5) is 0 Å². The van der Waals surface area contributed by atoms with Crippen LogP contribution in [0.2, 0.25) is 0 Å². The molecule has 0 spiro atoms. The van der Waals surface area contributed by atoms with Gasteiger partial charge in [0.05, 0.1) is 24.5 Å². The number of carbonyl (C=O) groups is 2. The lowest BCUT2D eigenvalue weighted by Gasteiger charge is -2.18. The Labute approximate surface area is 120 Å². The maximum absolute atomic E-state index is 12.1. The highest BCUT2D eigenvalue weighted by atomic mass is 16.5. The first-order valence-electron chi connectivity index (χ1n) is 6.85. The third-order valence-corrected chi connectivity index (χ3v) is 2.58. The minimum Gasteiger partial charge on any atom is -0.463 e. The van der Waals surface area contributed by atoms with Gasteiger partial charge in [0.1, 0.15) is 0 Å². The quantitative estimate of drug-likeness (QED) is 0.750.